The van der Waals surface area contributed by atoms with Crippen LogP contribution in [0.3, 0.4) is 0 Å². The lowest BCUT2D eigenvalue weighted by Crippen LogP contribution is -2.27. The Hall–Kier alpha value is -3.22. The van der Waals surface area contributed by atoms with Crippen LogP contribution in [0.5, 0.6) is 0 Å². The van der Waals surface area contributed by atoms with Crippen molar-refractivity contribution in [2.45, 2.75) is 26.4 Å². The van der Waals surface area contributed by atoms with Crippen molar-refractivity contribution in [3.05, 3.63) is 75.8 Å². The Morgan fingerprint density at radius 3 is 1.96 bits per heavy atom. The molecular weight excluding hydrogens is 324 g/mol. The number of nitro groups is 1. The van der Waals surface area contributed by atoms with Crippen LogP contribution in [0.4, 0.5) is 10.5 Å². The second-order valence-electron chi connectivity index (χ2n) is 6.00. The van der Waals surface area contributed by atoms with Gasteiger partial charge in [0.1, 0.15) is 11.2 Å². The fourth-order valence-corrected chi connectivity index (χ4v) is 1.87. The third kappa shape index (κ3) is 6.82. The van der Waals surface area contributed by atoms with Gasteiger partial charge in [0.2, 0.25) is 0 Å². The van der Waals surface area contributed by atoms with Gasteiger partial charge in [-0.3, -0.25) is 14.9 Å². The molecule has 0 unspecified atom stereocenters. The van der Waals surface area contributed by atoms with Gasteiger partial charge in [0, 0.05) is 11.6 Å². The molecule has 7 nitrogen and oxygen atoms in total. The van der Waals surface area contributed by atoms with Gasteiger partial charge in [-0.05, 0) is 26.8 Å². The van der Waals surface area contributed by atoms with Crippen LogP contribution < -0.4 is 5.73 Å². The van der Waals surface area contributed by atoms with E-state index in [0.717, 1.165) is 0 Å². The van der Waals surface area contributed by atoms with E-state index in [4.69, 9.17) is 5.73 Å². The zero-order valence-corrected chi connectivity index (χ0v) is 14.3. The molecule has 0 saturated heterocycles. The molecule has 2 aromatic carbocycles. The number of carbonyl (C=O) groups excluding carboxylic acids is 2. The van der Waals surface area contributed by atoms with Gasteiger partial charge in [-0.2, -0.15) is 0 Å². The summed E-state index contributed by atoms with van der Waals surface area (Å²) in [4.78, 5) is 32.3. The number of primary amides is 1. The van der Waals surface area contributed by atoms with E-state index in [1.165, 1.54) is 12.1 Å². The molecule has 132 valence electrons. The number of ether oxygens (including phenoxy) is 1. The minimum absolute atomic E-state index is 0.115. The Kier molecular flexibility index (Phi) is 6.81. The summed E-state index contributed by atoms with van der Waals surface area (Å²) in [6.07, 6.45) is -0.725. The van der Waals surface area contributed by atoms with Crippen LogP contribution in [0.15, 0.2) is 54.6 Å². The fraction of sp³-hybridized carbons (Fsp3) is 0.222. The molecule has 25 heavy (non-hydrogen) atoms. The Labute approximate surface area is 145 Å². The molecule has 0 atom stereocenters. The standard InChI is InChI=1S/C13H9NO3.C5H11NO2/c15-13(10-6-2-1-3-7-10)11-8-4-5-9-12(11)14(16)17;1-5(2,3)8-4(6)7/h1-9H;1-3H3,(H2,6,7). The molecule has 0 aliphatic heterocycles. The SMILES string of the molecule is CC(C)(C)OC(N)=O.O=C(c1ccccc1)c1ccccc1[N+](=O)[O-]. The molecule has 2 rings (SSSR count). The molecule has 7 heteroatoms. The summed E-state index contributed by atoms with van der Waals surface area (Å²) in [6.45, 7) is 5.28. The molecule has 0 heterocycles. The zero-order valence-electron chi connectivity index (χ0n) is 14.3. The first-order chi connectivity index (χ1) is 11.6. The van der Waals surface area contributed by atoms with Gasteiger partial charge < -0.3 is 10.5 Å². The molecule has 0 radical (unpaired) electrons. The van der Waals surface area contributed by atoms with Crippen LogP contribution in [0, 0.1) is 10.1 Å². The maximum Gasteiger partial charge on any atom is 0.405 e. The second kappa shape index (κ2) is 8.58. The molecule has 0 aromatic heterocycles. The lowest BCUT2D eigenvalue weighted by Gasteiger charge is -2.16. The Morgan fingerprint density at radius 2 is 1.52 bits per heavy atom. The van der Waals surface area contributed by atoms with Crippen molar-refractivity contribution >= 4 is 17.6 Å². The number of hydrogen-bond acceptors (Lipinski definition) is 5. The summed E-state index contributed by atoms with van der Waals surface area (Å²) in [5.74, 6) is -0.335. The van der Waals surface area contributed by atoms with Gasteiger partial charge in [-0.15, -0.1) is 0 Å². The first-order valence-corrected chi connectivity index (χ1v) is 7.43. The maximum atomic E-state index is 12.1. The first-order valence-electron chi connectivity index (χ1n) is 7.43. The molecule has 2 N–H and O–H groups in total. The summed E-state index contributed by atoms with van der Waals surface area (Å²) in [5.41, 5.74) is 4.66. The molecular formula is C18H20N2O5. The number of carbonyl (C=O) groups is 2. The third-order valence-electron chi connectivity index (χ3n) is 2.79. The highest BCUT2D eigenvalue weighted by atomic mass is 16.6. The van der Waals surface area contributed by atoms with Crippen molar-refractivity contribution < 1.29 is 19.2 Å². The topological polar surface area (TPSA) is 113 Å². The number of rotatable bonds is 3. The number of amides is 1. The number of nitrogens with two attached hydrogens (primary N) is 1. The minimum atomic E-state index is -0.725. The quantitative estimate of drug-likeness (QED) is 0.518. The number of nitro benzene ring substituents is 1. The summed E-state index contributed by atoms with van der Waals surface area (Å²) in [7, 11) is 0. The largest absolute Gasteiger partial charge is 0.444 e. The van der Waals surface area contributed by atoms with E-state index < -0.39 is 16.6 Å². The van der Waals surface area contributed by atoms with Crippen molar-refractivity contribution in [1.29, 1.82) is 0 Å². The van der Waals surface area contributed by atoms with E-state index in [0.29, 0.717) is 5.56 Å². The normalized spacial score (nSPS) is 10.2. The highest BCUT2D eigenvalue weighted by Crippen LogP contribution is 2.20. The van der Waals surface area contributed by atoms with Gasteiger partial charge in [0.15, 0.2) is 5.78 Å². The third-order valence-corrected chi connectivity index (χ3v) is 2.79. The Balaban J connectivity index is 0.000000333. The van der Waals surface area contributed by atoms with Crippen LogP contribution in [-0.2, 0) is 4.74 Å². The molecule has 0 saturated carbocycles. The van der Waals surface area contributed by atoms with E-state index in [1.54, 1.807) is 63.2 Å². The van der Waals surface area contributed by atoms with Gasteiger partial charge in [0.05, 0.1) is 4.92 Å². The number of para-hydroxylation sites is 1. The number of ketones is 1. The average molecular weight is 344 g/mol. The zero-order chi connectivity index (χ0) is 19.0. The summed E-state index contributed by atoms with van der Waals surface area (Å²) < 4.78 is 4.58. The van der Waals surface area contributed by atoms with Crippen molar-refractivity contribution in [2.24, 2.45) is 5.73 Å². The van der Waals surface area contributed by atoms with E-state index in [2.05, 4.69) is 4.74 Å². The molecule has 0 aliphatic rings. The van der Waals surface area contributed by atoms with Crippen LogP contribution in [0.2, 0.25) is 0 Å². The lowest BCUT2D eigenvalue weighted by atomic mass is 10.0. The fourth-order valence-electron chi connectivity index (χ4n) is 1.87. The molecule has 2 aromatic rings. The molecule has 0 fully saturated rings. The van der Waals surface area contributed by atoms with Gasteiger partial charge in [-0.25, -0.2) is 4.79 Å². The molecule has 0 aliphatic carbocycles. The Bertz CT molecular complexity index is 752. The minimum Gasteiger partial charge on any atom is -0.444 e. The lowest BCUT2D eigenvalue weighted by molar-refractivity contribution is -0.385. The molecule has 0 spiro atoms. The van der Waals surface area contributed by atoms with Crippen LogP contribution in [0.1, 0.15) is 36.7 Å². The van der Waals surface area contributed by atoms with Gasteiger partial charge >= 0.3 is 6.09 Å². The summed E-state index contributed by atoms with van der Waals surface area (Å²) >= 11 is 0. The van der Waals surface area contributed by atoms with Crippen LogP contribution in [-0.4, -0.2) is 22.4 Å². The highest BCUT2D eigenvalue weighted by Gasteiger charge is 2.19. The number of hydrogen-bond donors (Lipinski definition) is 1. The van der Waals surface area contributed by atoms with E-state index in [1.807, 2.05) is 0 Å². The van der Waals surface area contributed by atoms with Gasteiger partial charge in [0.25, 0.3) is 5.69 Å². The predicted octanol–water partition coefficient (Wildman–Crippen LogP) is 3.71. The highest BCUT2D eigenvalue weighted by molar-refractivity contribution is 6.11. The number of nitrogens with zero attached hydrogens (tertiary/aromatic N) is 1. The van der Waals surface area contributed by atoms with Crippen molar-refractivity contribution in [3.63, 3.8) is 0 Å². The van der Waals surface area contributed by atoms with Crippen molar-refractivity contribution in [2.75, 3.05) is 0 Å². The van der Waals surface area contributed by atoms with Crippen molar-refractivity contribution in [3.8, 4) is 0 Å². The van der Waals surface area contributed by atoms with Crippen LogP contribution >= 0.6 is 0 Å². The smallest absolute Gasteiger partial charge is 0.405 e. The van der Waals surface area contributed by atoms with Crippen molar-refractivity contribution in [1.82, 2.24) is 0 Å². The van der Waals surface area contributed by atoms with Crippen LogP contribution in [0.25, 0.3) is 0 Å². The average Bonchev–Trinajstić information content (AvgIpc) is 2.53. The molecule has 1 amide bonds. The van der Waals surface area contributed by atoms with Gasteiger partial charge in [-0.1, -0.05) is 42.5 Å². The summed E-state index contributed by atoms with van der Waals surface area (Å²) in [6, 6.07) is 14.5. The number of benzene rings is 2. The molecule has 0 bridgehead atoms. The van der Waals surface area contributed by atoms with E-state index in [-0.39, 0.29) is 17.0 Å². The first kappa shape index (κ1) is 19.8. The second-order valence-corrected chi connectivity index (χ2v) is 6.00. The predicted molar refractivity (Wildman–Crippen MR) is 93.4 cm³/mol. The van der Waals surface area contributed by atoms with E-state index in [9.17, 15) is 19.7 Å². The van der Waals surface area contributed by atoms with E-state index >= 15 is 0 Å². The summed E-state index contributed by atoms with van der Waals surface area (Å²) in [5, 5.41) is 10.8. The monoisotopic (exact) mass is 344 g/mol. The maximum absolute atomic E-state index is 12.1. The Morgan fingerprint density at radius 1 is 1.00 bits per heavy atom.